The average Bonchev–Trinajstić information content (AvgIpc) is 3.04. The van der Waals surface area contributed by atoms with Gasteiger partial charge in [0.25, 0.3) is 0 Å². The van der Waals surface area contributed by atoms with Gasteiger partial charge in [-0.15, -0.1) is 0 Å². The fraction of sp³-hybridized carbons (Fsp3) is 0.143. The second-order valence-corrected chi connectivity index (χ2v) is 5.35. The highest BCUT2D eigenvalue weighted by Gasteiger charge is 2.08. The van der Waals surface area contributed by atoms with E-state index in [2.05, 4.69) is 26.4 Å². The Morgan fingerprint density at radius 2 is 2.29 bits per heavy atom. The van der Waals surface area contributed by atoms with E-state index >= 15 is 0 Å². The Kier molecular flexibility index (Phi) is 3.94. The molecule has 0 fully saturated rings. The van der Waals surface area contributed by atoms with E-state index in [-0.39, 0.29) is 0 Å². The van der Waals surface area contributed by atoms with Crippen LogP contribution in [0.5, 0.6) is 5.75 Å². The van der Waals surface area contributed by atoms with Crippen molar-refractivity contribution in [3.63, 3.8) is 0 Å². The van der Waals surface area contributed by atoms with Crippen LogP contribution in [0.15, 0.2) is 41.8 Å². The molecule has 0 unspecified atom stereocenters. The maximum Gasteiger partial charge on any atom is 0.165 e. The van der Waals surface area contributed by atoms with E-state index in [0.29, 0.717) is 5.82 Å². The van der Waals surface area contributed by atoms with Crippen molar-refractivity contribution in [3.05, 3.63) is 42.2 Å². The van der Waals surface area contributed by atoms with Crippen molar-refractivity contribution in [2.24, 2.45) is 5.84 Å². The van der Waals surface area contributed by atoms with Gasteiger partial charge in [-0.2, -0.15) is 0 Å². The third kappa shape index (κ3) is 2.93. The number of anilines is 1. The summed E-state index contributed by atoms with van der Waals surface area (Å²) in [5.41, 5.74) is 4.53. The molecular formula is C14H15N5OS. The zero-order valence-corrected chi connectivity index (χ0v) is 12.3. The van der Waals surface area contributed by atoms with E-state index < -0.39 is 0 Å². The molecule has 0 spiro atoms. The van der Waals surface area contributed by atoms with Gasteiger partial charge in [0.05, 0.1) is 12.6 Å². The van der Waals surface area contributed by atoms with Crippen molar-refractivity contribution in [3.8, 4) is 5.75 Å². The summed E-state index contributed by atoms with van der Waals surface area (Å²) in [6.45, 7) is 0. The van der Waals surface area contributed by atoms with E-state index in [0.717, 1.165) is 33.1 Å². The van der Waals surface area contributed by atoms with Crippen molar-refractivity contribution < 1.29 is 4.74 Å². The maximum atomic E-state index is 5.58. The molecule has 0 amide bonds. The van der Waals surface area contributed by atoms with Crippen LogP contribution in [0.2, 0.25) is 0 Å². The maximum absolute atomic E-state index is 5.58. The Morgan fingerprint density at radius 1 is 1.38 bits per heavy atom. The first-order valence-corrected chi connectivity index (χ1v) is 7.35. The fourth-order valence-corrected chi connectivity index (χ4v) is 2.83. The summed E-state index contributed by atoms with van der Waals surface area (Å²) in [4.78, 5) is 11.8. The average molecular weight is 301 g/mol. The minimum Gasteiger partial charge on any atom is -0.497 e. The summed E-state index contributed by atoms with van der Waals surface area (Å²) < 4.78 is 5.21. The number of rotatable bonds is 5. The van der Waals surface area contributed by atoms with Gasteiger partial charge in [-0.3, -0.25) is 0 Å². The van der Waals surface area contributed by atoms with Gasteiger partial charge in [-0.05, 0) is 18.2 Å². The van der Waals surface area contributed by atoms with Crippen LogP contribution >= 0.6 is 11.8 Å². The first-order chi connectivity index (χ1) is 10.3. The highest BCUT2D eigenvalue weighted by molar-refractivity contribution is 7.98. The minimum atomic E-state index is 0.662. The van der Waals surface area contributed by atoms with Crippen molar-refractivity contribution in [1.29, 1.82) is 0 Å². The number of ether oxygens (including phenoxy) is 1. The van der Waals surface area contributed by atoms with Gasteiger partial charge in [-0.25, -0.2) is 15.8 Å². The predicted octanol–water partition coefficient (Wildman–Crippen LogP) is 2.54. The first-order valence-electron chi connectivity index (χ1n) is 6.36. The second-order valence-electron chi connectivity index (χ2n) is 4.38. The van der Waals surface area contributed by atoms with Crippen molar-refractivity contribution in [1.82, 2.24) is 15.0 Å². The lowest BCUT2D eigenvalue weighted by Gasteiger charge is -2.10. The molecule has 6 nitrogen and oxygen atoms in total. The number of imidazole rings is 1. The normalized spacial score (nSPS) is 10.8. The number of pyridine rings is 1. The second kappa shape index (κ2) is 6.02. The lowest BCUT2D eigenvalue weighted by Crippen LogP contribution is -2.11. The van der Waals surface area contributed by atoms with Gasteiger partial charge in [0.1, 0.15) is 11.6 Å². The predicted molar refractivity (Wildman–Crippen MR) is 84.3 cm³/mol. The minimum absolute atomic E-state index is 0.662. The molecule has 1 aromatic carbocycles. The number of methoxy groups -OCH3 is 1. The van der Waals surface area contributed by atoms with E-state index in [1.54, 1.807) is 31.3 Å². The Labute approximate surface area is 126 Å². The number of nitrogen functional groups attached to an aromatic ring is 1. The molecule has 2 aromatic heterocycles. The highest BCUT2D eigenvalue weighted by Crippen LogP contribution is 2.28. The van der Waals surface area contributed by atoms with Crippen LogP contribution in [0, 0.1) is 0 Å². The molecule has 2 heterocycles. The van der Waals surface area contributed by atoms with Gasteiger partial charge in [0.15, 0.2) is 5.16 Å². The lowest BCUT2D eigenvalue weighted by atomic mass is 10.1. The number of hydrazine groups is 1. The monoisotopic (exact) mass is 301 g/mol. The number of benzene rings is 1. The van der Waals surface area contributed by atoms with Gasteiger partial charge in [-0.1, -0.05) is 11.8 Å². The molecule has 0 bridgehead atoms. The molecule has 0 aliphatic heterocycles. The standard InChI is InChI=1S/C14H15N5OS/c1-20-11-3-2-9-6-10(8-21-14-16-4-5-17-14)13(19-15)18-12(9)7-11/h2-7H,8,15H2,1H3,(H,16,17)(H,18,19). The third-order valence-electron chi connectivity index (χ3n) is 3.08. The highest BCUT2D eigenvalue weighted by atomic mass is 32.2. The molecule has 0 radical (unpaired) electrons. The van der Waals surface area contributed by atoms with E-state index in [9.17, 15) is 0 Å². The number of H-pyrrole nitrogens is 1. The first kappa shape index (κ1) is 13.7. The summed E-state index contributed by atoms with van der Waals surface area (Å²) >= 11 is 1.60. The fourth-order valence-electron chi connectivity index (χ4n) is 2.03. The van der Waals surface area contributed by atoms with E-state index in [1.165, 1.54) is 0 Å². The number of fused-ring (bicyclic) bond motifs is 1. The molecule has 7 heteroatoms. The van der Waals surface area contributed by atoms with Crippen LogP contribution in [-0.4, -0.2) is 22.1 Å². The number of aromatic amines is 1. The summed E-state index contributed by atoms with van der Waals surface area (Å²) in [5, 5.41) is 1.91. The van der Waals surface area contributed by atoms with Crippen LogP contribution in [-0.2, 0) is 5.75 Å². The van der Waals surface area contributed by atoms with Crippen molar-refractivity contribution in [2.45, 2.75) is 10.9 Å². The van der Waals surface area contributed by atoms with Gasteiger partial charge >= 0.3 is 0 Å². The molecular weight excluding hydrogens is 286 g/mol. The molecule has 0 aliphatic carbocycles. The van der Waals surface area contributed by atoms with Crippen LogP contribution in [0.25, 0.3) is 10.9 Å². The molecule has 108 valence electrons. The largest absolute Gasteiger partial charge is 0.497 e. The topological polar surface area (TPSA) is 88.8 Å². The van der Waals surface area contributed by atoms with Crippen LogP contribution in [0.3, 0.4) is 0 Å². The van der Waals surface area contributed by atoms with Crippen molar-refractivity contribution in [2.75, 3.05) is 12.5 Å². The molecule has 0 atom stereocenters. The smallest absolute Gasteiger partial charge is 0.165 e. The third-order valence-corrected chi connectivity index (χ3v) is 4.03. The SMILES string of the molecule is COc1ccc2cc(CSc3ncc[nH]3)c(NN)nc2c1. The van der Waals surface area contributed by atoms with Gasteiger partial charge < -0.3 is 15.1 Å². The van der Waals surface area contributed by atoms with Gasteiger partial charge in [0, 0.05) is 35.2 Å². The molecule has 4 N–H and O–H groups in total. The lowest BCUT2D eigenvalue weighted by molar-refractivity contribution is 0.415. The number of aromatic nitrogens is 3. The van der Waals surface area contributed by atoms with Crippen LogP contribution in [0.4, 0.5) is 5.82 Å². The number of nitrogens with zero attached hydrogens (tertiary/aromatic N) is 2. The summed E-state index contributed by atoms with van der Waals surface area (Å²) in [5.74, 6) is 7.74. The van der Waals surface area contributed by atoms with Crippen LogP contribution in [0.1, 0.15) is 5.56 Å². The quantitative estimate of drug-likeness (QED) is 0.381. The number of thioether (sulfide) groups is 1. The van der Waals surface area contributed by atoms with E-state index in [1.807, 2.05) is 18.2 Å². The Bertz CT molecular complexity index is 744. The zero-order valence-electron chi connectivity index (χ0n) is 11.5. The number of nitrogens with one attached hydrogen (secondary N) is 2. The molecule has 21 heavy (non-hydrogen) atoms. The number of hydrogen-bond donors (Lipinski definition) is 3. The summed E-state index contributed by atoms with van der Waals surface area (Å²) in [6, 6.07) is 7.87. The van der Waals surface area contributed by atoms with Crippen LogP contribution < -0.4 is 16.0 Å². The van der Waals surface area contributed by atoms with E-state index in [4.69, 9.17) is 10.6 Å². The summed E-state index contributed by atoms with van der Waals surface area (Å²) in [6.07, 6.45) is 3.53. The molecule has 0 saturated carbocycles. The van der Waals surface area contributed by atoms with Gasteiger partial charge in [0.2, 0.25) is 0 Å². The van der Waals surface area contributed by atoms with Crippen molar-refractivity contribution >= 4 is 28.5 Å². The Hall–Kier alpha value is -2.25. The number of hydrogen-bond acceptors (Lipinski definition) is 6. The Morgan fingerprint density at radius 3 is 3.00 bits per heavy atom. The zero-order chi connectivity index (χ0) is 14.7. The molecule has 0 saturated heterocycles. The Balaban J connectivity index is 1.93. The summed E-state index contributed by atoms with van der Waals surface area (Å²) in [7, 11) is 1.64. The molecule has 3 aromatic rings. The number of nitrogens with two attached hydrogens (primary N) is 1. The molecule has 0 aliphatic rings. The molecule has 3 rings (SSSR count).